The number of hydrogen-bond donors (Lipinski definition) is 1. The standard InChI is InChI=1S/C10H10ClNO3/c1-14-8-4-6(11)2-3-7(8)9-5-12-10(13)15-9/h2-4,9H,5H2,1H3,(H,12,13). The van der Waals surface area contributed by atoms with Crippen LogP contribution in [-0.4, -0.2) is 19.7 Å². The van der Waals surface area contributed by atoms with Crippen molar-refractivity contribution in [1.29, 1.82) is 0 Å². The molecule has 1 unspecified atom stereocenters. The van der Waals surface area contributed by atoms with Crippen molar-refractivity contribution in [1.82, 2.24) is 5.32 Å². The van der Waals surface area contributed by atoms with E-state index in [1.54, 1.807) is 25.3 Å². The Morgan fingerprint density at radius 1 is 1.60 bits per heavy atom. The highest BCUT2D eigenvalue weighted by atomic mass is 35.5. The van der Waals surface area contributed by atoms with Gasteiger partial charge in [-0.3, -0.25) is 0 Å². The van der Waals surface area contributed by atoms with E-state index in [1.165, 1.54) is 0 Å². The van der Waals surface area contributed by atoms with Crippen LogP contribution in [0.15, 0.2) is 18.2 Å². The molecule has 1 aliphatic rings. The lowest BCUT2D eigenvalue weighted by Crippen LogP contribution is -2.12. The molecule has 0 bridgehead atoms. The minimum atomic E-state index is -0.406. The van der Waals surface area contributed by atoms with Crippen molar-refractivity contribution in [2.75, 3.05) is 13.7 Å². The van der Waals surface area contributed by atoms with Crippen LogP contribution in [0.2, 0.25) is 5.02 Å². The summed E-state index contributed by atoms with van der Waals surface area (Å²) in [5, 5.41) is 3.17. The quantitative estimate of drug-likeness (QED) is 0.842. The highest BCUT2D eigenvalue weighted by molar-refractivity contribution is 6.30. The van der Waals surface area contributed by atoms with Crippen molar-refractivity contribution in [3.63, 3.8) is 0 Å². The third-order valence-electron chi connectivity index (χ3n) is 2.22. The molecule has 80 valence electrons. The van der Waals surface area contributed by atoms with Crippen LogP contribution >= 0.6 is 11.6 Å². The minimum Gasteiger partial charge on any atom is -0.496 e. The molecule has 1 aliphatic heterocycles. The fraction of sp³-hybridized carbons (Fsp3) is 0.300. The van der Waals surface area contributed by atoms with Gasteiger partial charge in [-0.1, -0.05) is 17.7 Å². The highest BCUT2D eigenvalue weighted by Gasteiger charge is 2.26. The van der Waals surface area contributed by atoms with Gasteiger partial charge < -0.3 is 14.8 Å². The Balaban J connectivity index is 2.31. The number of carbonyl (C=O) groups is 1. The Labute approximate surface area is 92.1 Å². The molecule has 1 atom stereocenters. The normalized spacial score (nSPS) is 19.6. The molecule has 0 saturated carbocycles. The molecule has 1 aromatic rings. The number of halogens is 1. The summed E-state index contributed by atoms with van der Waals surface area (Å²) in [4.78, 5) is 10.9. The Morgan fingerprint density at radius 3 is 3.00 bits per heavy atom. The summed E-state index contributed by atoms with van der Waals surface area (Å²) >= 11 is 5.83. The van der Waals surface area contributed by atoms with Crippen molar-refractivity contribution in [2.24, 2.45) is 0 Å². The lowest BCUT2D eigenvalue weighted by Gasteiger charge is -2.12. The Morgan fingerprint density at radius 2 is 2.40 bits per heavy atom. The molecule has 1 saturated heterocycles. The summed E-state index contributed by atoms with van der Waals surface area (Å²) in [7, 11) is 1.55. The lowest BCUT2D eigenvalue weighted by atomic mass is 10.1. The van der Waals surface area contributed by atoms with Crippen molar-refractivity contribution >= 4 is 17.7 Å². The smallest absolute Gasteiger partial charge is 0.407 e. The number of cyclic esters (lactones) is 1. The van der Waals surface area contributed by atoms with Gasteiger partial charge in [0, 0.05) is 10.6 Å². The van der Waals surface area contributed by atoms with Crippen molar-refractivity contribution in [3.8, 4) is 5.75 Å². The van der Waals surface area contributed by atoms with Crippen LogP contribution in [0.3, 0.4) is 0 Å². The molecule has 1 fully saturated rings. The van der Waals surface area contributed by atoms with Crippen LogP contribution in [0.25, 0.3) is 0 Å². The molecule has 1 N–H and O–H groups in total. The summed E-state index contributed by atoms with van der Waals surface area (Å²) in [6.07, 6.45) is -0.707. The first kappa shape index (κ1) is 10.1. The van der Waals surface area contributed by atoms with E-state index in [0.717, 1.165) is 5.56 Å². The molecule has 0 aromatic heterocycles. The molecule has 1 amide bonds. The summed E-state index contributed by atoms with van der Waals surface area (Å²) in [6, 6.07) is 5.24. The molecule has 0 aliphatic carbocycles. The first-order valence-corrected chi connectivity index (χ1v) is 4.86. The van der Waals surface area contributed by atoms with Crippen molar-refractivity contribution in [3.05, 3.63) is 28.8 Å². The molecule has 2 rings (SSSR count). The molecular formula is C10H10ClNO3. The maximum atomic E-state index is 10.9. The van der Waals surface area contributed by atoms with Gasteiger partial charge in [-0.25, -0.2) is 4.79 Å². The van der Waals surface area contributed by atoms with E-state index in [2.05, 4.69) is 5.32 Å². The number of carbonyl (C=O) groups excluding carboxylic acids is 1. The summed E-state index contributed by atoms with van der Waals surface area (Å²) in [6.45, 7) is 0.455. The Bertz CT molecular complexity index is 394. The van der Waals surface area contributed by atoms with E-state index in [4.69, 9.17) is 21.1 Å². The average Bonchev–Trinajstić information content (AvgIpc) is 2.64. The zero-order valence-electron chi connectivity index (χ0n) is 8.12. The highest BCUT2D eigenvalue weighted by Crippen LogP contribution is 2.31. The summed E-state index contributed by atoms with van der Waals surface area (Å²) in [5.41, 5.74) is 0.820. The third kappa shape index (κ3) is 1.99. The van der Waals surface area contributed by atoms with Gasteiger partial charge in [0.25, 0.3) is 0 Å². The predicted octanol–water partition coefficient (Wildman–Crippen LogP) is 2.13. The van der Waals surface area contributed by atoms with E-state index in [9.17, 15) is 4.79 Å². The van der Waals surface area contributed by atoms with Gasteiger partial charge in [0.2, 0.25) is 0 Å². The van der Waals surface area contributed by atoms with E-state index in [1.807, 2.05) is 0 Å². The fourth-order valence-corrected chi connectivity index (χ4v) is 1.68. The summed E-state index contributed by atoms with van der Waals surface area (Å²) < 4.78 is 10.2. The van der Waals surface area contributed by atoms with Crippen LogP contribution in [0.4, 0.5) is 4.79 Å². The molecule has 1 heterocycles. The number of amides is 1. The molecular weight excluding hydrogens is 218 g/mol. The maximum Gasteiger partial charge on any atom is 0.407 e. The van der Waals surface area contributed by atoms with Crippen LogP contribution in [0, 0.1) is 0 Å². The Kier molecular flexibility index (Phi) is 2.68. The number of benzene rings is 1. The Hall–Kier alpha value is -1.42. The molecule has 1 aromatic carbocycles. The monoisotopic (exact) mass is 227 g/mol. The van der Waals surface area contributed by atoms with Gasteiger partial charge in [-0.05, 0) is 12.1 Å². The van der Waals surface area contributed by atoms with Crippen LogP contribution in [0.1, 0.15) is 11.7 Å². The minimum absolute atomic E-state index is 0.301. The molecule has 15 heavy (non-hydrogen) atoms. The number of hydrogen-bond acceptors (Lipinski definition) is 3. The van der Waals surface area contributed by atoms with Crippen molar-refractivity contribution < 1.29 is 14.3 Å². The van der Waals surface area contributed by atoms with Gasteiger partial charge in [-0.15, -0.1) is 0 Å². The van der Waals surface area contributed by atoms with Gasteiger partial charge in [0.05, 0.1) is 13.7 Å². The number of methoxy groups -OCH3 is 1. The molecule has 0 spiro atoms. The van der Waals surface area contributed by atoms with E-state index in [-0.39, 0.29) is 6.10 Å². The van der Waals surface area contributed by atoms with E-state index < -0.39 is 6.09 Å². The number of alkyl carbamates (subject to hydrolysis) is 1. The zero-order chi connectivity index (χ0) is 10.8. The molecule has 5 heteroatoms. The van der Waals surface area contributed by atoms with Gasteiger partial charge in [-0.2, -0.15) is 0 Å². The zero-order valence-corrected chi connectivity index (χ0v) is 8.88. The number of nitrogens with one attached hydrogen (secondary N) is 1. The van der Waals surface area contributed by atoms with E-state index in [0.29, 0.717) is 17.3 Å². The second-order valence-electron chi connectivity index (χ2n) is 3.16. The second kappa shape index (κ2) is 3.98. The molecule has 4 nitrogen and oxygen atoms in total. The lowest BCUT2D eigenvalue weighted by molar-refractivity contribution is 0.139. The van der Waals surface area contributed by atoms with Crippen LogP contribution in [0.5, 0.6) is 5.75 Å². The van der Waals surface area contributed by atoms with Crippen LogP contribution in [-0.2, 0) is 4.74 Å². The number of ether oxygens (including phenoxy) is 2. The first-order chi connectivity index (χ1) is 7.20. The third-order valence-corrected chi connectivity index (χ3v) is 2.46. The second-order valence-corrected chi connectivity index (χ2v) is 3.60. The van der Waals surface area contributed by atoms with Gasteiger partial charge in [0.1, 0.15) is 11.9 Å². The van der Waals surface area contributed by atoms with Gasteiger partial charge in [0.15, 0.2) is 0 Å². The molecule has 0 radical (unpaired) electrons. The van der Waals surface area contributed by atoms with E-state index >= 15 is 0 Å². The van der Waals surface area contributed by atoms with Gasteiger partial charge >= 0.3 is 6.09 Å². The first-order valence-electron chi connectivity index (χ1n) is 4.48. The average molecular weight is 228 g/mol. The van der Waals surface area contributed by atoms with Crippen molar-refractivity contribution in [2.45, 2.75) is 6.10 Å². The summed E-state index contributed by atoms with van der Waals surface area (Å²) in [5.74, 6) is 0.629. The maximum absolute atomic E-state index is 10.9. The fourth-order valence-electron chi connectivity index (χ4n) is 1.51. The number of rotatable bonds is 2. The topological polar surface area (TPSA) is 47.6 Å². The SMILES string of the molecule is COc1cc(Cl)ccc1C1CNC(=O)O1. The predicted molar refractivity (Wildman–Crippen MR) is 55.2 cm³/mol. The largest absolute Gasteiger partial charge is 0.496 e. The van der Waals surface area contributed by atoms with Crippen LogP contribution < -0.4 is 10.1 Å².